The number of hydrogen-bond donors (Lipinski definition) is 5. The second kappa shape index (κ2) is 81.1. The summed E-state index contributed by atoms with van der Waals surface area (Å²) in [5, 5.41) is 43.4. The summed E-state index contributed by atoms with van der Waals surface area (Å²) in [7, 11) is 1.88. The number of ketones is 2. The number of nitrogens with one attached hydrogen (secondary N) is 2. The molecule has 2 saturated heterocycles. The Hall–Kier alpha value is -5.90. The molecule has 30 nitrogen and oxygen atoms in total. The van der Waals surface area contributed by atoms with E-state index in [4.69, 9.17) is 39.9 Å². The number of imide groups is 2. The van der Waals surface area contributed by atoms with Crippen molar-refractivity contribution in [3.05, 3.63) is 184 Å². The number of aryl methyl sites for hydroxylation is 3. The predicted molar refractivity (Wildman–Crippen MR) is 461 cm³/mol. The number of aliphatic hydroxyl groups excluding tert-OH is 2. The molecule has 8 atom stereocenters. The molecule has 1 saturated carbocycles. The Morgan fingerprint density at radius 1 is 0.650 bits per heavy atom. The van der Waals surface area contributed by atoms with Crippen LogP contribution < -0.4 is 45.3 Å². The molecule has 0 bridgehead atoms. The number of nitrogens with zero attached hydrogens (tertiary/aromatic N) is 3. The van der Waals surface area contributed by atoms with Crippen molar-refractivity contribution >= 4 is 141 Å². The van der Waals surface area contributed by atoms with Crippen molar-refractivity contribution in [2.45, 2.75) is 187 Å². The maximum absolute atomic E-state index is 11.0. The molecule has 5 aromatic carbocycles. The summed E-state index contributed by atoms with van der Waals surface area (Å²) in [6.07, 6.45) is 7.04. The zero-order valence-electron chi connectivity index (χ0n) is 64.1. The molecular formula is C77H122ClN5NaO25S8-5. The minimum absolute atomic E-state index is 0. The van der Waals surface area contributed by atoms with Crippen LogP contribution in [0.4, 0.5) is 10.5 Å². The van der Waals surface area contributed by atoms with Gasteiger partial charge in [-0.1, -0.05) is 194 Å². The van der Waals surface area contributed by atoms with Gasteiger partial charge in [0.1, 0.15) is 28.9 Å². The number of carbonyl (C=O) groups is 6. The van der Waals surface area contributed by atoms with E-state index in [0.29, 0.717) is 38.2 Å². The van der Waals surface area contributed by atoms with Crippen LogP contribution in [0.25, 0.3) is 0 Å². The minimum Gasteiger partial charge on any atom is -0.771 e. The summed E-state index contributed by atoms with van der Waals surface area (Å²) in [6.45, 7) is 26.8. The van der Waals surface area contributed by atoms with Crippen LogP contribution in [-0.4, -0.2) is 183 Å². The number of urea groups is 1. The van der Waals surface area contributed by atoms with Gasteiger partial charge in [0.15, 0.2) is 11.1 Å². The first-order chi connectivity index (χ1) is 51.6. The number of barbiturate groups is 1. The fourth-order valence-corrected chi connectivity index (χ4v) is 11.0. The van der Waals surface area contributed by atoms with E-state index < -0.39 is 118 Å². The summed E-state index contributed by atoms with van der Waals surface area (Å²) >= 11 is -6.11. The van der Waals surface area contributed by atoms with Crippen LogP contribution in [0.15, 0.2) is 180 Å². The van der Waals surface area contributed by atoms with Crippen molar-refractivity contribution in [3.8, 4) is 0 Å². The van der Waals surface area contributed by atoms with E-state index in [9.17, 15) is 87.5 Å². The van der Waals surface area contributed by atoms with Gasteiger partial charge < -0.3 is 62.8 Å². The minimum atomic E-state index is -2.48. The Balaban J connectivity index is -0.000000116. The fraction of sp³-hybridized carbons (Fsp3) is 0.455. The molecule has 8 unspecified atom stereocenters. The first-order valence-electron chi connectivity index (χ1n) is 32.8. The number of carbonyl (C=O) groups excluding carboxylic acids is 6. The number of hydrogen-bond acceptors (Lipinski definition) is 27. The molecule has 6 aromatic rings. The van der Waals surface area contributed by atoms with E-state index in [1.54, 1.807) is 84.4 Å². The predicted octanol–water partition coefficient (Wildman–Crippen LogP) is 10.2. The van der Waals surface area contributed by atoms with E-state index in [-0.39, 0.29) is 120 Å². The molecule has 3 fully saturated rings. The number of ether oxygens (including phenoxy) is 1. The molecule has 117 heavy (non-hydrogen) atoms. The van der Waals surface area contributed by atoms with Gasteiger partial charge in [-0.15, -0.1) is 11.3 Å². The standard InChI is InChI=1S/C8H12O2.C8H16O2.3C7H8O2S.C7H8OS.C6H4ClNO4S.C6H8N2O3.C4H9NO.C4H11N.C4H4O2S2.C2H4O.CH4O3S.6CH4.Na/c1-8(2)4-6(9)3-7(10)5-8;1-3-5-6-7(4-2)8(9)10;3*1-6-2-4-7(5-3-6)10(8)9;1-9(8)7-5-3-2-4-6-7;7-5-2-1-4(13(11)12)3-6(5)8(9)10;1-7-4(9)3-5(10)8(2)6(7)11;1-3-6-4-2-5-1;1-3-5-4-2;5-8(6)4-2-1-3-7-4;1-2-3;2-1-5(3)4;;;;;;;/h3-5H2,1-2H3;7H,3-6H2,1-2H3,(H,9,10);3*2-5H,1H3,(H,8,9);2-6H,1H3;1-3H,(H,11,12);3H2,1-2H3;5H,1-4H2;5H,3-4H2,1-2H3;1-3H,(H,5,6);2-3H,1H2;2H,1H2,(H,3,4);6*1H4;/q;;;;;;;;;;;;;;;;;;;+1/p-6. The summed E-state index contributed by atoms with van der Waals surface area (Å²) in [5.41, 5.74) is 2.73. The van der Waals surface area contributed by atoms with Gasteiger partial charge in [0.25, 0.3) is 5.69 Å². The number of rotatable bonds is 15. The summed E-state index contributed by atoms with van der Waals surface area (Å²) in [5.74, 6) is -2.59. The number of benzene rings is 5. The number of morpholine rings is 1. The van der Waals surface area contributed by atoms with Gasteiger partial charge in [0.05, 0.1) is 39.9 Å². The van der Waals surface area contributed by atoms with Crippen LogP contribution in [0.5, 0.6) is 0 Å². The topological polar surface area (TPSA) is 504 Å². The molecule has 0 radical (unpaired) electrons. The average molecular weight is 1830 g/mol. The van der Waals surface area contributed by atoms with Gasteiger partial charge in [-0.3, -0.25) is 64.3 Å². The Kier molecular flexibility index (Phi) is 93.2. The third-order valence-electron chi connectivity index (χ3n) is 13.2. The van der Waals surface area contributed by atoms with Gasteiger partial charge in [0, 0.05) is 88.7 Å². The molecule has 666 valence electrons. The van der Waals surface area contributed by atoms with Crippen LogP contribution in [0.1, 0.15) is 154 Å². The van der Waals surface area contributed by atoms with Crippen molar-refractivity contribution in [1.29, 1.82) is 0 Å². The maximum atomic E-state index is 11.0. The molecule has 5 N–H and O–H groups in total. The van der Waals surface area contributed by atoms with E-state index in [2.05, 4.69) is 38.0 Å². The van der Waals surface area contributed by atoms with E-state index in [1.165, 1.54) is 37.6 Å². The second-order valence-corrected chi connectivity index (χ2v) is 31.4. The van der Waals surface area contributed by atoms with Gasteiger partial charge in [-0.05, 0) is 186 Å². The normalized spacial score (nSPS) is 14.1. The number of Topliss-reactive ketones (excluding diaryl/α,β-unsaturated/α-hetero) is 2. The zero-order valence-corrected chi connectivity index (χ0v) is 73.3. The molecule has 0 spiro atoms. The monoisotopic (exact) mass is 1830 g/mol. The van der Waals surface area contributed by atoms with Crippen LogP contribution in [0.3, 0.4) is 0 Å². The van der Waals surface area contributed by atoms with Crippen molar-refractivity contribution < 1.29 is 140 Å². The van der Waals surface area contributed by atoms with Crippen LogP contribution in [0, 0.1) is 42.2 Å². The summed E-state index contributed by atoms with van der Waals surface area (Å²) in [6, 6.07) is 35.7. The summed E-state index contributed by atoms with van der Waals surface area (Å²) in [4.78, 5) is 78.0. The van der Waals surface area contributed by atoms with Gasteiger partial charge >= 0.3 is 35.6 Å². The van der Waals surface area contributed by atoms with Gasteiger partial charge in [-0.25, -0.2) is 9.00 Å². The molecule has 1 aromatic heterocycles. The van der Waals surface area contributed by atoms with E-state index >= 15 is 0 Å². The molecule has 3 heterocycles. The number of aliphatic carboxylic acids is 1. The van der Waals surface area contributed by atoms with Gasteiger partial charge in [-0.2, -0.15) is 0 Å². The third-order valence-corrected chi connectivity index (χ3v) is 19.2. The Bertz CT molecular complexity index is 3630. The third kappa shape index (κ3) is 71.5. The van der Waals surface area contributed by atoms with E-state index in [0.717, 1.165) is 102 Å². The number of amides is 4. The number of nitro benzene ring substituents is 1. The second-order valence-electron chi connectivity index (χ2n) is 22.8. The van der Waals surface area contributed by atoms with Crippen molar-refractivity contribution in [2.24, 2.45) is 11.3 Å². The number of halogens is 1. The number of thiophene rings is 1. The molecule has 2 aliphatic heterocycles. The van der Waals surface area contributed by atoms with Crippen LogP contribution >= 0.6 is 22.9 Å². The molecule has 9 rings (SSSR count). The molecule has 4 amide bonds. The maximum Gasteiger partial charge on any atom is 1.00 e. The van der Waals surface area contributed by atoms with Crippen molar-refractivity contribution in [1.82, 2.24) is 20.4 Å². The first kappa shape index (κ1) is 134. The SMILES string of the molecule is C.C.C.C.C.C.C1COCCN1.C=CO.CC1(C)CC(=O)CC(=O)C1.CCCCC(CC)C(=O)[O-].CCNCC.CN1C(=O)CC(=O)N(C)C1=O.CS(=O)c1ccccc1.Cc1ccc(S(=O)O)cc1.Cc1ccc(S(=O)[O-])cc1.Cc1ccc(S(=O)[O-])cc1.O=S([O-])CO.O=S([O-])c1cccs1.O=[N+]([O-])c1cc(S(=O)[O-])ccc1Cl.[Na+]. The largest absolute Gasteiger partial charge is 1.00 e. The van der Waals surface area contributed by atoms with Crippen LogP contribution in [0.2, 0.25) is 5.02 Å². The summed E-state index contributed by atoms with van der Waals surface area (Å²) < 4.78 is 136. The number of carboxylic acid groups (broad SMARTS) is 1. The van der Waals surface area contributed by atoms with Crippen molar-refractivity contribution in [2.75, 3.05) is 65.7 Å². The number of aliphatic hydroxyl groups is 2. The Labute approximate surface area is 743 Å². The number of unbranched alkanes of at least 4 members (excludes halogenated alkanes) is 1. The molecule has 3 aliphatic rings. The molecule has 1 aliphatic carbocycles. The van der Waals surface area contributed by atoms with Gasteiger partial charge in [0.2, 0.25) is 11.8 Å². The quantitative estimate of drug-likeness (QED) is 0.0159. The van der Waals surface area contributed by atoms with Crippen molar-refractivity contribution in [3.63, 3.8) is 0 Å². The Morgan fingerprint density at radius 3 is 1.27 bits per heavy atom. The number of carboxylic acids is 1. The van der Waals surface area contributed by atoms with E-state index in [1.807, 2.05) is 84.0 Å². The van der Waals surface area contributed by atoms with Crippen LogP contribution in [-0.2, 0) is 106 Å². The number of nitro groups is 1. The zero-order chi connectivity index (χ0) is 85.1. The molecule has 40 heteroatoms. The fourth-order valence-electron chi connectivity index (χ4n) is 7.64. The Morgan fingerprint density at radius 2 is 1.03 bits per heavy atom. The average Bonchev–Trinajstić information content (AvgIpc) is 1.59. The smallest absolute Gasteiger partial charge is 0.771 e. The first-order valence-corrected chi connectivity index (χ1v) is 42.3. The molecular weight excluding hydrogens is 1710 g/mol.